The summed E-state index contributed by atoms with van der Waals surface area (Å²) in [5.41, 5.74) is 1.34. The molecule has 1 amide bonds. The number of thiophene rings is 1. The molecule has 1 fully saturated rings. The van der Waals surface area contributed by atoms with Gasteiger partial charge in [0.2, 0.25) is 5.91 Å². The lowest BCUT2D eigenvalue weighted by Crippen LogP contribution is -2.36. The highest BCUT2D eigenvalue weighted by atomic mass is 32.1. The van der Waals surface area contributed by atoms with Gasteiger partial charge in [0.1, 0.15) is 0 Å². The zero-order chi connectivity index (χ0) is 15.4. The van der Waals surface area contributed by atoms with Crippen molar-refractivity contribution in [3.8, 4) is 0 Å². The number of aryl methyl sites for hydroxylation is 2. The first kappa shape index (κ1) is 16.5. The number of carbonyl (C=O) groups excluding carboxylic acids is 1. The standard InChI is InChI=1S/C17H27NO2S/c1-5-15-11(2)10-16(21-15)13(4)18-17(19)12(3)14-6-8-20-9-7-14/h10,12-14H,5-9H2,1-4H3,(H,18,19)/t12-,13-/m0/s1. The Hall–Kier alpha value is -0.870. The van der Waals surface area contributed by atoms with E-state index < -0.39 is 0 Å². The minimum absolute atomic E-state index is 0.0723. The Morgan fingerprint density at radius 1 is 1.43 bits per heavy atom. The van der Waals surface area contributed by atoms with Gasteiger partial charge in [-0.15, -0.1) is 11.3 Å². The summed E-state index contributed by atoms with van der Waals surface area (Å²) in [7, 11) is 0. The third kappa shape index (κ3) is 4.07. The molecular weight excluding hydrogens is 282 g/mol. The quantitative estimate of drug-likeness (QED) is 0.897. The molecule has 0 spiro atoms. The second-order valence-electron chi connectivity index (χ2n) is 6.08. The van der Waals surface area contributed by atoms with Crippen LogP contribution in [0.2, 0.25) is 0 Å². The van der Waals surface area contributed by atoms with E-state index in [4.69, 9.17) is 4.74 Å². The van der Waals surface area contributed by atoms with Crippen LogP contribution in [0, 0.1) is 18.8 Å². The highest BCUT2D eigenvalue weighted by Gasteiger charge is 2.27. The van der Waals surface area contributed by atoms with E-state index in [0.717, 1.165) is 32.5 Å². The zero-order valence-electron chi connectivity index (χ0n) is 13.6. The van der Waals surface area contributed by atoms with Crippen molar-refractivity contribution >= 4 is 17.2 Å². The SMILES string of the molecule is CCc1sc([C@H](C)NC(=O)[C@@H](C)C2CCOCC2)cc1C. The first-order chi connectivity index (χ1) is 10.0. The van der Waals surface area contributed by atoms with Crippen LogP contribution in [0.4, 0.5) is 0 Å². The summed E-state index contributed by atoms with van der Waals surface area (Å²) in [6.45, 7) is 10.1. The summed E-state index contributed by atoms with van der Waals surface area (Å²) in [5, 5.41) is 3.19. The highest BCUT2D eigenvalue weighted by Crippen LogP contribution is 2.29. The van der Waals surface area contributed by atoms with Crippen molar-refractivity contribution in [2.24, 2.45) is 11.8 Å². The first-order valence-electron chi connectivity index (χ1n) is 8.00. The van der Waals surface area contributed by atoms with Crippen LogP contribution in [0.3, 0.4) is 0 Å². The average Bonchev–Trinajstić information content (AvgIpc) is 2.88. The molecule has 3 nitrogen and oxygen atoms in total. The summed E-state index contributed by atoms with van der Waals surface area (Å²) >= 11 is 1.82. The average molecular weight is 309 g/mol. The molecule has 1 aliphatic rings. The Morgan fingerprint density at radius 3 is 2.67 bits per heavy atom. The number of hydrogen-bond donors (Lipinski definition) is 1. The summed E-state index contributed by atoms with van der Waals surface area (Å²) < 4.78 is 5.38. The first-order valence-corrected chi connectivity index (χ1v) is 8.81. The van der Waals surface area contributed by atoms with Crippen LogP contribution in [0.1, 0.15) is 55.0 Å². The number of rotatable bonds is 5. The molecule has 2 rings (SSSR count). The van der Waals surface area contributed by atoms with Crippen molar-refractivity contribution < 1.29 is 9.53 Å². The Kier molecular flexibility index (Phi) is 5.82. The van der Waals surface area contributed by atoms with Gasteiger partial charge in [-0.3, -0.25) is 4.79 Å². The largest absolute Gasteiger partial charge is 0.381 e. The molecule has 0 bridgehead atoms. The van der Waals surface area contributed by atoms with Gasteiger partial charge in [-0.1, -0.05) is 13.8 Å². The molecule has 21 heavy (non-hydrogen) atoms. The maximum atomic E-state index is 12.4. The third-order valence-corrected chi connectivity index (χ3v) is 6.10. The van der Waals surface area contributed by atoms with Crippen LogP contribution in [0.25, 0.3) is 0 Å². The van der Waals surface area contributed by atoms with Gasteiger partial charge in [0.15, 0.2) is 0 Å². The fraction of sp³-hybridized carbons (Fsp3) is 0.706. The molecule has 2 atom stereocenters. The lowest BCUT2D eigenvalue weighted by molar-refractivity contribution is -0.127. The van der Waals surface area contributed by atoms with Gasteiger partial charge in [-0.05, 0) is 50.7 Å². The molecule has 1 aliphatic heterocycles. The topological polar surface area (TPSA) is 38.3 Å². The van der Waals surface area contributed by atoms with E-state index in [2.05, 4.69) is 39.1 Å². The van der Waals surface area contributed by atoms with Gasteiger partial charge in [0, 0.05) is 28.9 Å². The van der Waals surface area contributed by atoms with Crippen LogP contribution in [-0.2, 0) is 16.0 Å². The summed E-state index contributed by atoms with van der Waals surface area (Å²) in [5.74, 6) is 0.712. The second-order valence-corrected chi connectivity index (χ2v) is 7.25. The predicted molar refractivity (Wildman–Crippen MR) is 87.7 cm³/mol. The molecule has 0 saturated carbocycles. The maximum Gasteiger partial charge on any atom is 0.223 e. The summed E-state index contributed by atoms with van der Waals surface area (Å²) in [6.07, 6.45) is 3.07. The van der Waals surface area contributed by atoms with E-state index in [9.17, 15) is 4.79 Å². The fourth-order valence-corrected chi connectivity index (χ4v) is 4.08. The maximum absolute atomic E-state index is 12.4. The van der Waals surface area contributed by atoms with E-state index in [1.165, 1.54) is 15.3 Å². The molecule has 0 aromatic carbocycles. The number of ether oxygens (including phenoxy) is 1. The van der Waals surface area contributed by atoms with Crippen molar-refractivity contribution in [2.75, 3.05) is 13.2 Å². The van der Waals surface area contributed by atoms with Crippen LogP contribution in [0.15, 0.2) is 6.07 Å². The highest BCUT2D eigenvalue weighted by molar-refractivity contribution is 7.12. The van der Waals surface area contributed by atoms with Gasteiger partial charge in [-0.25, -0.2) is 0 Å². The second kappa shape index (κ2) is 7.41. The smallest absolute Gasteiger partial charge is 0.223 e. The van der Waals surface area contributed by atoms with Gasteiger partial charge in [-0.2, -0.15) is 0 Å². The van der Waals surface area contributed by atoms with Gasteiger partial charge >= 0.3 is 0 Å². The Bertz CT molecular complexity index is 477. The monoisotopic (exact) mass is 309 g/mol. The summed E-state index contributed by atoms with van der Waals surface area (Å²) in [4.78, 5) is 15.1. The van der Waals surface area contributed by atoms with Crippen LogP contribution >= 0.6 is 11.3 Å². The molecule has 0 unspecified atom stereocenters. The molecule has 1 N–H and O–H groups in total. The zero-order valence-corrected chi connectivity index (χ0v) is 14.4. The lowest BCUT2D eigenvalue weighted by Gasteiger charge is -2.27. The van der Waals surface area contributed by atoms with E-state index in [1.807, 2.05) is 11.3 Å². The molecule has 118 valence electrons. The predicted octanol–water partition coefficient (Wildman–Crippen LogP) is 3.86. The van der Waals surface area contributed by atoms with Crippen molar-refractivity contribution in [2.45, 2.75) is 53.0 Å². The van der Waals surface area contributed by atoms with E-state index in [1.54, 1.807) is 0 Å². The van der Waals surface area contributed by atoms with Gasteiger partial charge in [0.05, 0.1) is 6.04 Å². The van der Waals surface area contributed by atoms with E-state index in [0.29, 0.717) is 5.92 Å². The Morgan fingerprint density at radius 2 is 2.10 bits per heavy atom. The van der Waals surface area contributed by atoms with Crippen molar-refractivity contribution in [1.29, 1.82) is 0 Å². The molecule has 1 aromatic heterocycles. The molecule has 2 heterocycles. The van der Waals surface area contributed by atoms with Crippen molar-refractivity contribution in [3.05, 3.63) is 21.4 Å². The lowest BCUT2D eigenvalue weighted by atomic mass is 9.86. The summed E-state index contributed by atoms with van der Waals surface area (Å²) in [6, 6.07) is 2.32. The van der Waals surface area contributed by atoms with Gasteiger partial charge < -0.3 is 10.1 Å². The molecule has 1 saturated heterocycles. The number of amides is 1. The minimum atomic E-state index is 0.0723. The van der Waals surface area contributed by atoms with Crippen molar-refractivity contribution in [1.82, 2.24) is 5.32 Å². The molecule has 0 aliphatic carbocycles. The van der Waals surface area contributed by atoms with Crippen molar-refractivity contribution in [3.63, 3.8) is 0 Å². The third-order valence-electron chi connectivity index (χ3n) is 4.53. The van der Waals surface area contributed by atoms with Gasteiger partial charge in [0.25, 0.3) is 0 Å². The fourth-order valence-electron chi connectivity index (χ4n) is 2.96. The normalized spacial score (nSPS) is 19.2. The van der Waals surface area contributed by atoms with Crippen LogP contribution in [0.5, 0.6) is 0 Å². The molecular formula is C17H27NO2S. The minimum Gasteiger partial charge on any atom is -0.381 e. The number of carbonyl (C=O) groups is 1. The Labute approximate surface area is 132 Å². The molecule has 4 heteroatoms. The van der Waals surface area contributed by atoms with E-state index in [-0.39, 0.29) is 17.9 Å². The molecule has 0 radical (unpaired) electrons. The van der Waals surface area contributed by atoms with Crippen LogP contribution < -0.4 is 5.32 Å². The van der Waals surface area contributed by atoms with Crippen LogP contribution in [-0.4, -0.2) is 19.1 Å². The number of hydrogen-bond acceptors (Lipinski definition) is 3. The Balaban J connectivity index is 1.94. The number of nitrogens with one attached hydrogen (secondary N) is 1. The molecule has 1 aromatic rings. The van der Waals surface area contributed by atoms with E-state index >= 15 is 0 Å².